The normalized spacial score (nSPS) is 22.9. The number of rotatable bonds is 4. The molecule has 0 bridgehead atoms. The van der Waals surface area contributed by atoms with Crippen molar-refractivity contribution in [1.82, 2.24) is 20.5 Å². The minimum atomic E-state index is 0.408. The first kappa shape index (κ1) is 17.0. The number of H-pyrrole nitrogens is 2. The number of nitrogens with zero attached hydrogens (tertiary/aromatic N) is 1. The number of nitrogens with one attached hydrogen (secondary N) is 3. The van der Waals surface area contributed by atoms with Gasteiger partial charge in [-0.2, -0.15) is 5.10 Å². The van der Waals surface area contributed by atoms with Crippen molar-refractivity contribution in [1.29, 1.82) is 0 Å². The molecule has 2 aliphatic carbocycles. The third-order valence-corrected chi connectivity index (χ3v) is 6.36. The molecular weight excluding hydrogens is 334 g/mol. The summed E-state index contributed by atoms with van der Waals surface area (Å²) < 4.78 is 0. The van der Waals surface area contributed by atoms with Gasteiger partial charge in [-0.25, -0.2) is 0 Å². The molecule has 5 nitrogen and oxygen atoms in total. The second-order valence-electron chi connectivity index (χ2n) is 8.33. The van der Waals surface area contributed by atoms with Crippen LogP contribution in [0.5, 0.6) is 0 Å². The number of aromatic nitrogens is 3. The Balaban J connectivity index is 1.33. The molecule has 0 saturated heterocycles. The van der Waals surface area contributed by atoms with Gasteiger partial charge >= 0.3 is 0 Å². The van der Waals surface area contributed by atoms with Crippen LogP contribution in [0.2, 0.25) is 0 Å². The van der Waals surface area contributed by atoms with E-state index >= 15 is 0 Å². The van der Waals surface area contributed by atoms with E-state index < -0.39 is 0 Å². The molecule has 2 heterocycles. The van der Waals surface area contributed by atoms with E-state index in [1.54, 1.807) is 0 Å². The topological polar surface area (TPSA) is 82.5 Å². The molecule has 0 aliphatic heterocycles. The number of hydrogen-bond acceptors (Lipinski definition) is 3. The number of benzene rings is 1. The Morgan fingerprint density at radius 1 is 1.07 bits per heavy atom. The Morgan fingerprint density at radius 3 is 2.81 bits per heavy atom. The second-order valence-corrected chi connectivity index (χ2v) is 8.33. The largest absolute Gasteiger partial charge is 0.353 e. The predicted octanol–water partition coefficient (Wildman–Crippen LogP) is 3.80. The monoisotopic (exact) mass is 363 g/mol. The molecule has 0 amide bonds. The van der Waals surface area contributed by atoms with E-state index in [-0.39, 0.29) is 0 Å². The van der Waals surface area contributed by atoms with Crippen molar-refractivity contribution in [3.8, 4) is 11.4 Å². The van der Waals surface area contributed by atoms with Crippen molar-refractivity contribution < 1.29 is 0 Å². The Labute approximate surface area is 160 Å². The molecule has 0 spiro atoms. The van der Waals surface area contributed by atoms with Crippen LogP contribution in [0.3, 0.4) is 0 Å². The summed E-state index contributed by atoms with van der Waals surface area (Å²) in [5.74, 6) is 0. The van der Waals surface area contributed by atoms with Crippen LogP contribution in [0.1, 0.15) is 55.3 Å². The molecule has 27 heavy (non-hydrogen) atoms. The fourth-order valence-electron chi connectivity index (χ4n) is 4.71. The van der Waals surface area contributed by atoms with Gasteiger partial charge in [0.1, 0.15) is 5.69 Å². The first-order valence-electron chi connectivity index (χ1n) is 10.4. The summed E-state index contributed by atoms with van der Waals surface area (Å²) >= 11 is 0. The quantitative estimate of drug-likeness (QED) is 0.569. The van der Waals surface area contributed by atoms with Gasteiger partial charge in [0.2, 0.25) is 0 Å². The van der Waals surface area contributed by atoms with E-state index in [0.717, 1.165) is 43.6 Å². The average Bonchev–Trinajstić information content (AvgIpc) is 3.31. The number of hydrogen-bond donors (Lipinski definition) is 4. The minimum absolute atomic E-state index is 0.408. The molecule has 142 valence electrons. The zero-order valence-corrected chi connectivity index (χ0v) is 15.9. The van der Waals surface area contributed by atoms with Crippen LogP contribution in [0.4, 0.5) is 0 Å². The van der Waals surface area contributed by atoms with Gasteiger partial charge in [-0.1, -0.05) is 6.07 Å². The van der Waals surface area contributed by atoms with Gasteiger partial charge in [0.25, 0.3) is 0 Å². The zero-order chi connectivity index (χ0) is 18.2. The van der Waals surface area contributed by atoms with Crippen molar-refractivity contribution in [2.75, 3.05) is 0 Å². The summed E-state index contributed by atoms with van der Waals surface area (Å²) in [7, 11) is 0. The van der Waals surface area contributed by atoms with E-state index in [1.807, 2.05) is 0 Å². The van der Waals surface area contributed by atoms with Gasteiger partial charge in [0, 0.05) is 40.8 Å². The summed E-state index contributed by atoms with van der Waals surface area (Å²) in [5, 5.41) is 12.8. The van der Waals surface area contributed by atoms with Gasteiger partial charge in [-0.05, 0) is 75.1 Å². The van der Waals surface area contributed by atoms with Crippen molar-refractivity contribution in [3.63, 3.8) is 0 Å². The summed E-state index contributed by atoms with van der Waals surface area (Å²) in [6.45, 7) is 0.925. The van der Waals surface area contributed by atoms with Crippen LogP contribution in [-0.2, 0) is 19.4 Å². The molecule has 2 aliphatic rings. The van der Waals surface area contributed by atoms with E-state index in [0.29, 0.717) is 12.1 Å². The Kier molecular flexibility index (Phi) is 4.50. The molecule has 5 N–H and O–H groups in total. The van der Waals surface area contributed by atoms with E-state index in [2.05, 4.69) is 44.8 Å². The van der Waals surface area contributed by atoms with Gasteiger partial charge in [0.15, 0.2) is 0 Å². The molecule has 3 aromatic rings. The predicted molar refractivity (Wildman–Crippen MR) is 110 cm³/mol. The lowest BCUT2D eigenvalue weighted by Gasteiger charge is -2.27. The maximum absolute atomic E-state index is 6.01. The van der Waals surface area contributed by atoms with Gasteiger partial charge in [-0.3, -0.25) is 5.10 Å². The standard InChI is InChI=1S/C22H29N5/c23-16-6-8-17(9-7-16)24-13-14-5-10-19-15(11-14)12-21(25-19)22-18-3-1-2-4-20(18)26-27-22/h5,10-12,16-17,24-25H,1-4,6-9,13,23H2,(H,26,27). The van der Waals surface area contributed by atoms with Gasteiger partial charge in [0.05, 0.1) is 5.69 Å². The van der Waals surface area contributed by atoms with Gasteiger partial charge in [-0.15, -0.1) is 0 Å². The molecule has 5 rings (SSSR count). The maximum atomic E-state index is 6.01. The lowest BCUT2D eigenvalue weighted by molar-refractivity contribution is 0.342. The van der Waals surface area contributed by atoms with Gasteiger partial charge < -0.3 is 16.0 Å². The van der Waals surface area contributed by atoms with Crippen molar-refractivity contribution >= 4 is 10.9 Å². The minimum Gasteiger partial charge on any atom is -0.353 e. The zero-order valence-electron chi connectivity index (χ0n) is 15.9. The molecule has 1 saturated carbocycles. The molecule has 1 fully saturated rings. The highest BCUT2D eigenvalue weighted by Crippen LogP contribution is 2.31. The van der Waals surface area contributed by atoms with Crippen LogP contribution in [-0.4, -0.2) is 27.3 Å². The third kappa shape index (κ3) is 3.42. The maximum Gasteiger partial charge on any atom is 0.112 e. The Bertz CT molecular complexity index is 929. The number of aryl methyl sites for hydroxylation is 1. The van der Waals surface area contributed by atoms with E-state index in [1.165, 1.54) is 53.4 Å². The molecule has 0 radical (unpaired) electrons. The highest BCUT2D eigenvalue weighted by Gasteiger charge is 2.20. The molecule has 0 atom stereocenters. The fraction of sp³-hybridized carbons (Fsp3) is 0.500. The van der Waals surface area contributed by atoms with E-state index in [9.17, 15) is 0 Å². The number of nitrogens with two attached hydrogens (primary N) is 1. The van der Waals surface area contributed by atoms with Crippen molar-refractivity contribution in [2.24, 2.45) is 5.73 Å². The highest BCUT2D eigenvalue weighted by molar-refractivity contribution is 5.86. The first-order valence-corrected chi connectivity index (χ1v) is 10.4. The SMILES string of the molecule is NC1CCC(NCc2ccc3[nH]c(-c4n[nH]c5c4CCCC5)cc3c2)CC1. The Hall–Kier alpha value is -2.11. The summed E-state index contributed by atoms with van der Waals surface area (Å²) in [6.07, 6.45) is 9.48. The van der Waals surface area contributed by atoms with Crippen LogP contribution in [0.25, 0.3) is 22.3 Å². The summed E-state index contributed by atoms with van der Waals surface area (Å²) in [4.78, 5) is 3.57. The van der Waals surface area contributed by atoms with E-state index in [4.69, 9.17) is 5.73 Å². The molecule has 1 aromatic carbocycles. The van der Waals surface area contributed by atoms with Crippen LogP contribution < -0.4 is 11.1 Å². The Morgan fingerprint density at radius 2 is 1.93 bits per heavy atom. The molecule has 5 heteroatoms. The lowest BCUT2D eigenvalue weighted by atomic mass is 9.92. The number of aromatic amines is 2. The van der Waals surface area contributed by atoms with Crippen LogP contribution in [0, 0.1) is 0 Å². The fourth-order valence-corrected chi connectivity index (χ4v) is 4.71. The first-order chi connectivity index (χ1) is 13.3. The average molecular weight is 364 g/mol. The highest BCUT2D eigenvalue weighted by atomic mass is 15.1. The molecular formula is C22H29N5. The summed E-state index contributed by atoms with van der Waals surface area (Å²) in [5.41, 5.74) is 13.5. The smallest absolute Gasteiger partial charge is 0.112 e. The lowest BCUT2D eigenvalue weighted by Crippen LogP contribution is -2.36. The third-order valence-electron chi connectivity index (χ3n) is 6.36. The molecule has 0 unspecified atom stereocenters. The second kappa shape index (κ2) is 7.13. The van der Waals surface area contributed by atoms with Crippen LogP contribution >= 0.6 is 0 Å². The van der Waals surface area contributed by atoms with Crippen molar-refractivity contribution in [3.05, 3.63) is 41.1 Å². The van der Waals surface area contributed by atoms with Crippen LogP contribution in [0.15, 0.2) is 24.3 Å². The summed E-state index contributed by atoms with van der Waals surface area (Å²) in [6, 6.07) is 10.00. The van der Waals surface area contributed by atoms with Crippen molar-refractivity contribution in [2.45, 2.75) is 70.0 Å². The molecule has 2 aromatic heterocycles. The number of fused-ring (bicyclic) bond motifs is 2.